The first-order valence-electron chi connectivity index (χ1n) is 4.41. The van der Waals surface area contributed by atoms with Crippen LogP contribution in [0.25, 0.3) is 0 Å². The summed E-state index contributed by atoms with van der Waals surface area (Å²) in [5, 5.41) is 11.3. The standard InChI is InChI=1S/C10H10BrNO3/c1-7-3-2-4-8(9(13)5-6-11)10(7)12(14)15/h2-4H,5-6H2,1H3. The normalized spacial score (nSPS) is 10.0. The van der Waals surface area contributed by atoms with Crippen LogP contribution in [0, 0.1) is 17.0 Å². The fourth-order valence-electron chi connectivity index (χ4n) is 1.35. The van der Waals surface area contributed by atoms with Gasteiger partial charge in [-0.15, -0.1) is 0 Å². The van der Waals surface area contributed by atoms with Gasteiger partial charge in [0.2, 0.25) is 0 Å². The summed E-state index contributed by atoms with van der Waals surface area (Å²) in [6.07, 6.45) is 0.268. The van der Waals surface area contributed by atoms with Gasteiger partial charge < -0.3 is 0 Å². The zero-order valence-corrected chi connectivity index (χ0v) is 9.78. The van der Waals surface area contributed by atoms with Gasteiger partial charge in [-0.25, -0.2) is 0 Å². The predicted octanol–water partition coefficient (Wildman–Crippen LogP) is 2.87. The van der Waals surface area contributed by atoms with Crippen LogP contribution < -0.4 is 0 Å². The second-order valence-corrected chi connectivity index (χ2v) is 3.88. The van der Waals surface area contributed by atoms with Gasteiger partial charge in [-0.1, -0.05) is 28.1 Å². The summed E-state index contributed by atoms with van der Waals surface area (Å²) in [6, 6.07) is 4.78. The summed E-state index contributed by atoms with van der Waals surface area (Å²) >= 11 is 3.14. The Morgan fingerprint density at radius 2 is 2.20 bits per heavy atom. The number of hydrogen-bond donors (Lipinski definition) is 0. The number of alkyl halides is 1. The number of ketones is 1. The van der Waals surface area contributed by atoms with Gasteiger partial charge in [0.1, 0.15) is 0 Å². The third-order valence-electron chi connectivity index (χ3n) is 2.04. The van der Waals surface area contributed by atoms with Gasteiger partial charge in [0, 0.05) is 17.3 Å². The molecule has 0 fully saturated rings. The van der Waals surface area contributed by atoms with E-state index in [1.54, 1.807) is 19.1 Å². The minimum Gasteiger partial charge on any atom is -0.294 e. The van der Waals surface area contributed by atoms with Gasteiger partial charge in [-0.05, 0) is 13.0 Å². The zero-order chi connectivity index (χ0) is 11.4. The lowest BCUT2D eigenvalue weighted by Crippen LogP contribution is -2.05. The third kappa shape index (κ3) is 2.62. The molecule has 0 aliphatic heterocycles. The molecule has 15 heavy (non-hydrogen) atoms. The Morgan fingerprint density at radius 3 is 2.73 bits per heavy atom. The molecule has 1 rings (SSSR count). The maximum Gasteiger partial charge on any atom is 0.283 e. The van der Waals surface area contributed by atoms with E-state index in [0.717, 1.165) is 0 Å². The van der Waals surface area contributed by atoms with E-state index < -0.39 is 4.92 Å². The number of nitro benzene ring substituents is 1. The van der Waals surface area contributed by atoms with Crippen molar-refractivity contribution in [3.63, 3.8) is 0 Å². The summed E-state index contributed by atoms with van der Waals surface area (Å²) in [4.78, 5) is 21.9. The second kappa shape index (κ2) is 5.02. The van der Waals surface area contributed by atoms with E-state index in [4.69, 9.17) is 0 Å². The van der Waals surface area contributed by atoms with Crippen molar-refractivity contribution in [2.75, 3.05) is 5.33 Å². The maximum atomic E-state index is 11.6. The number of nitrogens with zero attached hydrogens (tertiary/aromatic N) is 1. The number of hydrogen-bond acceptors (Lipinski definition) is 3. The number of benzene rings is 1. The van der Waals surface area contributed by atoms with Crippen molar-refractivity contribution >= 4 is 27.4 Å². The van der Waals surface area contributed by atoms with Crippen LogP contribution in [0.15, 0.2) is 18.2 Å². The molecule has 0 saturated carbocycles. The number of halogens is 1. The fraction of sp³-hybridized carbons (Fsp3) is 0.300. The van der Waals surface area contributed by atoms with Crippen LogP contribution in [-0.4, -0.2) is 16.0 Å². The van der Waals surface area contributed by atoms with Crippen LogP contribution in [0.2, 0.25) is 0 Å². The van der Waals surface area contributed by atoms with Crippen molar-refractivity contribution in [3.05, 3.63) is 39.4 Å². The minimum atomic E-state index is -0.503. The highest BCUT2D eigenvalue weighted by Crippen LogP contribution is 2.24. The topological polar surface area (TPSA) is 60.2 Å². The van der Waals surface area contributed by atoms with Crippen molar-refractivity contribution in [2.24, 2.45) is 0 Å². The number of Topliss-reactive ketones (excluding diaryl/α,β-unsaturated/α-hetero) is 1. The average molecular weight is 272 g/mol. The molecule has 0 spiro atoms. The Bertz CT molecular complexity index is 404. The van der Waals surface area contributed by atoms with Crippen molar-refractivity contribution in [1.29, 1.82) is 0 Å². The number of nitro groups is 1. The van der Waals surface area contributed by atoms with E-state index in [2.05, 4.69) is 15.9 Å². The molecule has 1 aromatic rings. The minimum absolute atomic E-state index is 0.0801. The molecule has 0 aromatic heterocycles. The largest absolute Gasteiger partial charge is 0.294 e. The highest BCUT2D eigenvalue weighted by atomic mass is 79.9. The SMILES string of the molecule is Cc1cccc(C(=O)CCBr)c1[N+](=O)[O-]. The lowest BCUT2D eigenvalue weighted by Gasteiger charge is -2.03. The Labute approximate surface area is 95.6 Å². The summed E-state index contributed by atoms with van der Waals surface area (Å²) in [5.74, 6) is -0.206. The molecule has 0 unspecified atom stereocenters. The Morgan fingerprint density at radius 1 is 1.53 bits per heavy atom. The monoisotopic (exact) mass is 271 g/mol. The molecule has 1 aromatic carbocycles. The number of para-hydroxylation sites is 1. The van der Waals surface area contributed by atoms with Crippen LogP contribution in [0.5, 0.6) is 0 Å². The molecule has 0 amide bonds. The van der Waals surface area contributed by atoms with E-state index in [-0.39, 0.29) is 23.5 Å². The van der Waals surface area contributed by atoms with Crippen molar-refractivity contribution in [2.45, 2.75) is 13.3 Å². The lowest BCUT2D eigenvalue weighted by atomic mass is 10.0. The van der Waals surface area contributed by atoms with Gasteiger partial charge in [0.15, 0.2) is 5.78 Å². The number of rotatable bonds is 4. The molecule has 0 radical (unpaired) electrons. The molecule has 0 N–H and O–H groups in total. The molecule has 0 aliphatic rings. The molecule has 0 saturated heterocycles. The van der Waals surface area contributed by atoms with Crippen LogP contribution in [0.3, 0.4) is 0 Å². The first-order valence-corrected chi connectivity index (χ1v) is 5.53. The van der Waals surface area contributed by atoms with Crippen LogP contribution in [0.1, 0.15) is 22.3 Å². The van der Waals surface area contributed by atoms with E-state index >= 15 is 0 Å². The van der Waals surface area contributed by atoms with Gasteiger partial charge in [0.25, 0.3) is 5.69 Å². The Balaban J connectivity index is 3.23. The summed E-state index contributed by atoms with van der Waals surface area (Å²) in [5.41, 5.74) is 0.628. The van der Waals surface area contributed by atoms with Gasteiger partial charge in [-0.2, -0.15) is 0 Å². The molecule has 5 heteroatoms. The average Bonchev–Trinajstić information content (AvgIpc) is 2.17. The summed E-state index contributed by atoms with van der Waals surface area (Å²) < 4.78 is 0. The van der Waals surface area contributed by atoms with Crippen molar-refractivity contribution in [1.82, 2.24) is 0 Å². The number of carbonyl (C=O) groups is 1. The van der Waals surface area contributed by atoms with Gasteiger partial charge >= 0.3 is 0 Å². The van der Waals surface area contributed by atoms with E-state index in [1.165, 1.54) is 6.07 Å². The van der Waals surface area contributed by atoms with E-state index in [9.17, 15) is 14.9 Å². The summed E-state index contributed by atoms with van der Waals surface area (Å²) in [6.45, 7) is 1.63. The Hall–Kier alpha value is -1.23. The molecule has 0 aliphatic carbocycles. The van der Waals surface area contributed by atoms with E-state index in [0.29, 0.717) is 10.9 Å². The molecule has 4 nitrogen and oxygen atoms in total. The third-order valence-corrected chi connectivity index (χ3v) is 2.44. The Kier molecular flexibility index (Phi) is 3.96. The maximum absolute atomic E-state index is 11.6. The van der Waals surface area contributed by atoms with Crippen molar-refractivity contribution < 1.29 is 9.72 Å². The fourth-order valence-corrected chi connectivity index (χ4v) is 1.71. The molecule has 80 valence electrons. The number of carbonyl (C=O) groups excluding carboxylic acids is 1. The van der Waals surface area contributed by atoms with Crippen molar-refractivity contribution in [3.8, 4) is 0 Å². The molecular weight excluding hydrogens is 262 g/mol. The highest BCUT2D eigenvalue weighted by molar-refractivity contribution is 9.09. The van der Waals surface area contributed by atoms with Gasteiger partial charge in [0.05, 0.1) is 10.5 Å². The molecule has 0 bridgehead atoms. The first-order chi connectivity index (χ1) is 7.07. The molecule has 0 heterocycles. The lowest BCUT2D eigenvalue weighted by molar-refractivity contribution is -0.385. The second-order valence-electron chi connectivity index (χ2n) is 3.09. The zero-order valence-electron chi connectivity index (χ0n) is 8.20. The number of aryl methyl sites for hydroxylation is 1. The van der Waals surface area contributed by atoms with Gasteiger partial charge in [-0.3, -0.25) is 14.9 Å². The highest BCUT2D eigenvalue weighted by Gasteiger charge is 2.21. The summed E-state index contributed by atoms with van der Waals surface area (Å²) in [7, 11) is 0. The van der Waals surface area contributed by atoms with Crippen LogP contribution in [0.4, 0.5) is 5.69 Å². The smallest absolute Gasteiger partial charge is 0.283 e. The molecule has 0 atom stereocenters. The van der Waals surface area contributed by atoms with Crippen LogP contribution >= 0.6 is 15.9 Å². The first kappa shape index (κ1) is 11.8. The molecular formula is C10H10BrNO3. The predicted molar refractivity (Wildman–Crippen MR) is 60.6 cm³/mol. The quantitative estimate of drug-likeness (QED) is 0.366. The van der Waals surface area contributed by atoms with Crippen LogP contribution in [-0.2, 0) is 0 Å². The van der Waals surface area contributed by atoms with E-state index in [1.807, 2.05) is 0 Å².